The van der Waals surface area contributed by atoms with Crippen LogP contribution in [0.15, 0.2) is 23.1 Å². The zero-order valence-corrected chi connectivity index (χ0v) is 13.2. The highest BCUT2D eigenvalue weighted by Crippen LogP contribution is 2.28. The van der Waals surface area contributed by atoms with E-state index in [0.717, 1.165) is 25.9 Å². The molecule has 0 bridgehead atoms. The van der Waals surface area contributed by atoms with E-state index in [1.54, 1.807) is 25.1 Å². The van der Waals surface area contributed by atoms with Gasteiger partial charge < -0.3 is 5.73 Å². The Bertz CT molecular complexity index is 630. The predicted molar refractivity (Wildman–Crippen MR) is 83.5 cm³/mol. The summed E-state index contributed by atoms with van der Waals surface area (Å²) < 4.78 is 28.2. The molecule has 2 atom stereocenters. The van der Waals surface area contributed by atoms with Crippen molar-refractivity contribution >= 4 is 15.7 Å². The molecule has 0 aliphatic carbocycles. The topological polar surface area (TPSA) is 75.4 Å². The lowest BCUT2D eigenvalue weighted by atomic mass is 10.00. The van der Waals surface area contributed by atoms with Gasteiger partial charge in [0.2, 0.25) is 10.0 Å². The molecule has 1 aromatic rings. The number of nitrogens with zero attached hydrogens (tertiary/aromatic N) is 1. The van der Waals surface area contributed by atoms with E-state index < -0.39 is 10.0 Å². The zero-order valence-electron chi connectivity index (χ0n) is 12.4. The van der Waals surface area contributed by atoms with Crippen LogP contribution in [0.5, 0.6) is 0 Å². The average Bonchev–Trinajstić information content (AvgIpc) is 2.81. The maximum Gasteiger partial charge on any atom is 0.241 e. The van der Waals surface area contributed by atoms with Gasteiger partial charge in [-0.25, -0.2) is 13.1 Å². The minimum atomic E-state index is -3.47. The highest BCUT2D eigenvalue weighted by Gasteiger charge is 2.37. The van der Waals surface area contributed by atoms with Crippen LogP contribution in [-0.2, 0) is 10.0 Å². The SMILES string of the molecule is Cc1cc(N)ccc1S(=O)(=O)NC1CCN2CCCCC12. The van der Waals surface area contributed by atoms with Crippen LogP contribution in [0.3, 0.4) is 0 Å². The molecule has 0 spiro atoms. The van der Waals surface area contributed by atoms with Gasteiger partial charge in [-0.15, -0.1) is 0 Å². The lowest BCUT2D eigenvalue weighted by molar-refractivity contribution is 0.186. The number of piperidine rings is 1. The Morgan fingerprint density at radius 1 is 1.24 bits per heavy atom. The first-order valence-electron chi connectivity index (χ1n) is 7.60. The summed E-state index contributed by atoms with van der Waals surface area (Å²) in [7, 11) is -3.47. The van der Waals surface area contributed by atoms with Crippen LogP contribution in [0.4, 0.5) is 5.69 Å². The molecule has 3 rings (SSSR count). The number of hydrogen-bond donors (Lipinski definition) is 2. The number of fused-ring (bicyclic) bond motifs is 1. The second kappa shape index (κ2) is 5.59. The summed E-state index contributed by atoms with van der Waals surface area (Å²) in [6.45, 7) is 3.88. The van der Waals surface area contributed by atoms with Gasteiger partial charge in [-0.2, -0.15) is 0 Å². The van der Waals surface area contributed by atoms with Crippen molar-refractivity contribution in [2.45, 2.75) is 49.6 Å². The fourth-order valence-electron chi connectivity index (χ4n) is 3.62. The van der Waals surface area contributed by atoms with Crippen molar-refractivity contribution in [2.24, 2.45) is 0 Å². The lowest BCUT2D eigenvalue weighted by Gasteiger charge is -2.32. The molecular weight excluding hydrogens is 286 g/mol. The molecule has 2 heterocycles. The molecule has 116 valence electrons. The molecule has 2 fully saturated rings. The standard InChI is InChI=1S/C15H23N3O2S/c1-11-10-12(16)5-6-15(11)21(19,20)17-13-7-9-18-8-3-2-4-14(13)18/h5-6,10,13-14,17H,2-4,7-9,16H2,1H3. The molecule has 2 saturated heterocycles. The number of aryl methyl sites for hydroxylation is 1. The zero-order chi connectivity index (χ0) is 15.0. The predicted octanol–water partition coefficient (Wildman–Crippen LogP) is 1.48. The summed E-state index contributed by atoms with van der Waals surface area (Å²) in [6.07, 6.45) is 4.42. The fourth-order valence-corrected chi connectivity index (χ4v) is 5.15. The van der Waals surface area contributed by atoms with Gasteiger partial charge in [-0.05, 0) is 56.5 Å². The van der Waals surface area contributed by atoms with Crippen LogP contribution < -0.4 is 10.5 Å². The quantitative estimate of drug-likeness (QED) is 0.829. The normalized spacial score (nSPS) is 26.7. The van der Waals surface area contributed by atoms with Gasteiger partial charge in [0, 0.05) is 24.3 Å². The molecule has 2 unspecified atom stereocenters. The minimum Gasteiger partial charge on any atom is -0.399 e. The summed E-state index contributed by atoms with van der Waals surface area (Å²) in [4.78, 5) is 2.76. The minimum absolute atomic E-state index is 0.0345. The largest absolute Gasteiger partial charge is 0.399 e. The summed E-state index contributed by atoms with van der Waals surface area (Å²) in [5.74, 6) is 0. The molecule has 2 aliphatic heterocycles. The number of nitrogens with one attached hydrogen (secondary N) is 1. The number of nitrogen functional groups attached to an aromatic ring is 1. The van der Waals surface area contributed by atoms with Gasteiger partial charge in [-0.1, -0.05) is 6.42 Å². The van der Waals surface area contributed by atoms with Gasteiger partial charge in [0.1, 0.15) is 0 Å². The van der Waals surface area contributed by atoms with Gasteiger partial charge in [0.25, 0.3) is 0 Å². The third kappa shape index (κ3) is 2.93. The Kier molecular flexibility index (Phi) is 3.94. The van der Waals surface area contributed by atoms with E-state index in [2.05, 4.69) is 9.62 Å². The van der Waals surface area contributed by atoms with E-state index in [9.17, 15) is 8.42 Å². The highest BCUT2D eigenvalue weighted by atomic mass is 32.2. The molecule has 0 aromatic heterocycles. The van der Waals surface area contributed by atoms with Crippen molar-refractivity contribution in [3.63, 3.8) is 0 Å². The second-order valence-electron chi connectivity index (χ2n) is 6.14. The maximum absolute atomic E-state index is 12.6. The number of anilines is 1. The average molecular weight is 309 g/mol. The summed E-state index contributed by atoms with van der Waals surface area (Å²) in [5, 5.41) is 0. The van der Waals surface area contributed by atoms with Gasteiger partial charge in [-0.3, -0.25) is 4.90 Å². The molecule has 21 heavy (non-hydrogen) atoms. The van der Waals surface area contributed by atoms with Crippen molar-refractivity contribution in [3.05, 3.63) is 23.8 Å². The number of hydrogen-bond acceptors (Lipinski definition) is 4. The van der Waals surface area contributed by atoms with Gasteiger partial charge in [0.15, 0.2) is 0 Å². The van der Waals surface area contributed by atoms with E-state index in [4.69, 9.17) is 5.73 Å². The molecule has 6 heteroatoms. The van der Waals surface area contributed by atoms with Crippen LogP contribution in [0.2, 0.25) is 0 Å². The van der Waals surface area contributed by atoms with E-state index >= 15 is 0 Å². The maximum atomic E-state index is 12.6. The highest BCUT2D eigenvalue weighted by molar-refractivity contribution is 7.89. The van der Waals surface area contributed by atoms with Crippen molar-refractivity contribution in [1.29, 1.82) is 0 Å². The van der Waals surface area contributed by atoms with Crippen LogP contribution >= 0.6 is 0 Å². The first-order chi connectivity index (χ1) is 9.97. The Morgan fingerprint density at radius 3 is 2.81 bits per heavy atom. The summed E-state index contributed by atoms with van der Waals surface area (Å²) in [6, 6.07) is 5.34. The summed E-state index contributed by atoms with van der Waals surface area (Å²) >= 11 is 0. The van der Waals surface area contributed by atoms with E-state index in [1.165, 1.54) is 12.8 Å². The van der Waals surface area contributed by atoms with Crippen LogP contribution in [0.25, 0.3) is 0 Å². The number of rotatable bonds is 3. The van der Waals surface area contributed by atoms with Crippen LogP contribution in [0.1, 0.15) is 31.2 Å². The number of sulfonamides is 1. The third-order valence-electron chi connectivity index (χ3n) is 4.65. The Balaban J connectivity index is 1.80. The molecule has 5 nitrogen and oxygen atoms in total. The van der Waals surface area contributed by atoms with Crippen molar-refractivity contribution in [1.82, 2.24) is 9.62 Å². The molecule has 3 N–H and O–H groups in total. The Labute approximate surface area is 126 Å². The first-order valence-corrected chi connectivity index (χ1v) is 9.08. The van der Waals surface area contributed by atoms with E-state index in [0.29, 0.717) is 22.2 Å². The van der Waals surface area contributed by atoms with Crippen LogP contribution in [-0.4, -0.2) is 38.5 Å². The van der Waals surface area contributed by atoms with E-state index in [1.807, 2.05) is 0 Å². The second-order valence-corrected chi connectivity index (χ2v) is 7.82. The monoisotopic (exact) mass is 309 g/mol. The molecule has 0 amide bonds. The third-order valence-corrected chi connectivity index (χ3v) is 6.30. The number of benzene rings is 1. The number of nitrogens with two attached hydrogens (primary N) is 1. The Morgan fingerprint density at radius 2 is 2.05 bits per heavy atom. The fraction of sp³-hybridized carbons (Fsp3) is 0.600. The molecule has 2 aliphatic rings. The van der Waals surface area contributed by atoms with Gasteiger partial charge >= 0.3 is 0 Å². The molecule has 1 aromatic carbocycles. The summed E-state index contributed by atoms with van der Waals surface area (Å²) in [5.41, 5.74) is 6.98. The Hall–Kier alpha value is -1.11. The smallest absolute Gasteiger partial charge is 0.241 e. The van der Waals surface area contributed by atoms with Crippen molar-refractivity contribution in [2.75, 3.05) is 18.8 Å². The van der Waals surface area contributed by atoms with Crippen molar-refractivity contribution < 1.29 is 8.42 Å². The molecule has 0 saturated carbocycles. The first kappa shape index (κ1) is 14.8. The van der Waals surface area contributed by atoms with Crippen molar-refractivity contribution in [3.8, 4) is 0 Å². The van der Waals surface area contributed by atoms with Crippen LogP contribution in [0, 0.1) is 6.92 Å². The van der Waals surface area contributed by atoms with Gasteiger partial charge in [0.05, 0.1) is 4.90 Å². The molecule has 0 radical (unpaired) electrons. The molecular formula is C15H23N3O2S. The lowest BCUT2D eigenvalue weighted by Crippen LogP contribution is -2.46. The van der Waals surface area contributed by atoms with E-state index in [-0.39, 0.29) is 6.04 Å².